The van der Waals surface area contributed by atoms with Crippen LogP contribution in [0.5, 0.6) is 5.75 Å². The van der Waals surface area contributed by atoms with E-state index in [1.165, 1.54) is 19.2 Å². The van der Waals surface area contributed by atoms with Crippen LogP contribution in [-0.2, 0) is 14.6 Å². The molecule has 134 valence electrons. The molecular weight excluding hydrogens is 432 g/mol. The van der Waals surface area contributed by atoms with Crippen LogP contribution in [0.1, 0.15) is 0 Å². The third-order valence-electron chi connectivity index (χ3n) is 3.19. The summed E-state index contributed by atoms with van der Waals surface area (Å²) >= 11 is 9.30. The molecule has 0 saturated carbocycles. The summed E-state index contributed by atoms with van der Waals surface area (Å²) in [5.41, 5.74) is 0.964. The van der Waals surface area contributed by atoms with Gasteiger partial charge in [-0.3, -0.25) is 4.79 Å². The number of carbonyl (C=O) groups excluding carboxylic acids is 1. The van der Waals surface area contributed by atoms with Gasteiger partial charge in [0, 0.05) is 21.4 Å². The van der Waals surface area contributed by atoms with Crippen molar-refractivity contribution in [2.24, 2.45) is 0 Å². The Balaban J connectivity index is 2.16. The van der Waals surface area contributed by atoms with Gasteiger partial charge in [0.15, 0.2) is 15.6 Å². The maximum absolute atomic E-state index is 12.1. The fourth-order valence-electron chi connectivity index (χ4n) is 2.10. The second-order valence-corrected chi connectivity index (χ2v) is 8.50. The highest BCUT2D eigenvalue weighted by atomic mass is 79.9. The van der Waals surface area contributed by atoms with Crippen LogP contribution in [-0.4, -0.2) is 34.2 Å². The molecule has 2 N–H and O–H groups in total. The van der Waals surface area contributed by atoms with Crippen molar-refractivity contribution in [2.75, 3.05) is 30.5 Å². The maximum Gasteiger partial charge on any atom is 0.243 e. The number of benzene rings is 2. The third-order valence-corrected chi connectivity index (χ3v) is 5.04. The standard InChI is InChI=1S/C16H16BrClN2O4S/c1-24-16-13(7-11(18)8-14(16)25(2,22)23)19-9-15(21)20-12-5-3-10(17)4-6-12/h3-8,19H,9H2,1-2H3,(H,20,21). The molecule has 0 fully saturated rings. The van der Waals surface area contributed by atoms with E-state index in [-0.39, 0.29) is 28.1 Å². The molecule has 0 aliphatic carbocycles. The minimum Gasteiger partial charge on any atom is -0.493 e. The number of halogens is 2. The summed E-state index contributed by atoms with van der Waals surface area (Å²) in [6.45, 7) is -0.0873. The van der Waals surface area contributed by atoms with E-state index in [0.717, 1.165) is 10.7 Å². The van der Waals surface area contributed by atoms with Crippen molar-refractivity contribution in [1.82, 2.24) is 0 Å². The first-order valence-electron chi connectivity index (χ1n) is 7.07. The highest BCUT2D eigenvalue weighted by Crippen LogP contribution is 2.35. The van der Waals surface area contributed by atoms with Gasteiger partial charge in [-0.1, -0.05) is 27.5 Å². The van der Waals surface area contributed by atoms with E-state index >= 15 is 0 Å². The van der Waals surface area contributed by atoms with Gasteiger partial charge in [0.25, 0.3) is 0 Å². The van der Waals surface area contributed by atoms with Crippen LogP contribution in [0.2, 0.25) is 5.02 Å². The number of anilines is 2. The molecule has 0 spiro atoms. The third kappa shape index (κ3) is 5.35. The number of hydrogen-bond donors (Lipinski definition) is 2. The molecule has 0 bridgehead atoms. The van der Waals surface area contributed by atoms with Gasteiger partial charge in [-0.25, -0.2) is 8.42 Å². The Hall–Kier alpha value is -1.77. The average molecular weight is 448 g/mol. The Labute approximate surface area is 159 Å². The Morgan fingerprint density at radius 1 is 1.24 bits per heavy atom. The Bertz CT molecular complexity index is 886. The quantitative estimate of drug-likeness (QED) is 0.707. The average Bonchev–Trinajstić information content (AvgIpc) is 2.53. The van der Waals surface area contributed by atoms with Crippen molar-refractivity contribution in [2.45, 2.75) is 4.90 Å². The summed E-state index contributed by atoms with van der Waals surface area (Å²) in [6.07, 6.45) is 1.06. The van der Waals surface area contributed by atoms with Crippen LogP contribution in [0, 0.1) is 0 Å². The molecule has 0 heterocycles. The van der Waals surface area contributed by atoms with Crippen LogP contribution in [0.25, 0.3) is 0 Å². The number of hydrogen-bond acceptors (Lipinski definition) is 5. The molecule has 0 aromatic heterocycles. The van der Waals surface area contributed by atoms with Gasteiger partial charge in [-0.15, -0.1) is 0 Å². The molecule has 9 heteroatoms. The molecular formula is C16H16BrClN2O4S. The molecule has 6 nitrogen and oxygen atoms in total. The van der Waals surface area contributed by atoms with Crippen molar-refractivity contribution in [1.29, 1.82) is 0 Å². The summed E-state index contributed by atoms with van der Waals surface area (Å²) in [4.78, 5) is 12.0. The number of nitrogens with one attached hydrogen (secondary N) is 2. The molecule has 0 unspecified atom stereocenters. The Kier molecular flexibility index (Phi) is 6.31. The van der Waals surface area contributed by atoms with Crippen LogP contribution >= 0.6 is 27.5 Å². The second-order valence-electron chi connectivity index (χ2n) is 5.17. The number of sulfone groups is 1. The lowest BCUT2D eigenvalue weighted by molar-refractivity contribution is -0.114. The lowest BCUT2D eigenvalue weighted by atomic mass is 10.3. The fourth-order valence-corrected chi connectivity index (χ4v) is 3.52. The molecule has 0 atom stereocenters. The molecule has 2 rings (SSSR count). The second kappa shape index (κ2) is 8.07. The van der Waals surface area contributed by atoms with Gasteiger partial charge in [0.1, 0.15) is 4.90 Å². The van der Waals surface area contributed by atoms with E-state index in [2.05, 4.69) is 26.6 Å². The monoisotopic (exact) mass is 446 g/mol. The highest BCUT2D eigenvalue weighted by molar-refractivity contribution is 9.10. The first-order chi connectivity index (χ1) is 11.7. The van der Waals surface area contributed by atoms with Crippen molar-refractivity contribution in [3.8, 4) is 5.75 Å². The summed E-state index contributed by atoms with van der Waals surface area (Å²) in [7, 11) is -2.18. The molecule has 0 aliphatic rings. The van der Waals surface area contributed by atoms with Gasteiger partial charge >= 0.3 is 0 Å². The summed E-state index contributed by atoms with van der Waals surface area (Å²) in [5.74, 6) is -0.186. The lowest BCUT2D eigenvalue weighted by Gasteiger charge is -2.15. The Morgan fingerprint density at radius 3 is 2.44 bits per heavy atom. The maximum atomic E-state index is 12.1. The smallest absolute Gasteiger partial charge is 0.243 e. The molecule has 0 saturated heterocycles. The normalized spacial score (nSPS) is 11.0. The van der Waals surface area contributed by atoms with Crippen molar-refractivity contribution in [3.05, 3.63) is 45.9 Å². The van der Waals surface area contributed by atoms with E-state index in [0.29, 0.717) is 11.4 Å². The van der Waals surface area contributed by atoms with Crippen LogP contribution in [0.3, 0.4) is 0 Å². The van der Waals surface area contributed by atoms with Crippen molar-refractivity contribution in [3.63, 3.8) is 0 Å². The molecule has 0 aliphatic heterocycles. The van der Waals surface area contributed by atoms with E-state index in [9.17, 15) is 13.2 Å². The van der Waals surface area contributed by atoms with Crippen LogP contribution < -0.4 is 15.4 Å². The minimum absolute atomic E-state index is 0.0432. The van der Waals surface area contributed by atoms with Crippen LogP contribution in [0.15, 0.2) is 45.8 Å². The number of rotatable bonds is 6. The van der Waals surface area contributed by atoms with Gasteiger partial charge in [-0.2, -0.15) is 0 Å². The van der Waals surface area contributed by atoms with Gasteiger partial charge in [0.05, 0.1) is 19.3 Å². The highest BCUT2D eigenvalue weighted by Gasteiger charge is 2.19. The predicted molar refractivity (Wildman–Crippen MR) is 102 cm³/mol. The van der Waals surface area contributed by atoms with E-state index < -0.39 is 9.84 Å². The van der Waals surface area contributed by atoms with Gasteiger partial charge < -0.3 is 15.4 Å². The van der Waals surface area contributed by atoms with Gasteiger partial charge in [-0.05, 0) is 36.4 Å². The van der Waals surface area contributed by atoms with E-state index in [1.807, 2.05) is 0 Å². The predicted octanol–water partition coefficient (Wildman–Crippen LogP) is 3.57. The summed E-state index contributed by atoms with van der Waals surface area (Å²) in [5, 5.41) is 5.80. The topological polar surface area (TPSA) is 84.5 Å². The number of ether oxygens (including phenoxy) is 1. The summed E-state index contributed by atoms with van der Waals surface area (Å²) in [6, 6.07) is 9.93. The van der Waals surface area contributed by atoms with E-state index in [4.69, 9.17) is 16.3 Å². The zero-order chi connectivity index (χ0) is 18.6. The number of amides is 1. The van der Waals surface area contributed by atoms with Crippen molar-refractivity contribution < 1.29 is 17.9 Å². The largest absolute Gasteiger partial charge is 0.493 e. The molecule has 2 aromatic rings. The zero-order valence-electron chi connectivity index (χ0n) is 13.5. The minimum atomic E-state index is -3.54. The van der Waals surface area contributed by atoms with Gasteiger partial charge in [0.2, 0.25) is 5.91 Å². The lowest BCUT2D eigenvalue weighted by Crippen LogP contribution is -2.22. The van der Waals surface area contributed by atoms with Crippen LogP contribution in [0.4, 0.5) is 11.4 Å². The number of carbonyl (C=O) groups is 1. The molecule has 2 aromatic carbocycles. The first kappa shape index (κ1) is 19.6. The molecule has 25 heavy (non-hydrogen) atoms. The fraction of sp³-hybridized carbons (Fsp3) is 0.188. The summed E-state index contributed by atoms with van der Waals surface area (Å²) < 4.78 is 29.8. The zero-order valence-corrected chi connectivity index (χ0v) is 16.6. The SMILES string of the molecule is COc1c(NCC(=O)Nc2ccc(Br)cc2)cc(Cl)cc1S(C)(=O)=O. The van der Waals surface area contributed by atoms with Crippen molar-refractivity contribution >= 4 is 54.7 Å². The molecule has 0 radical (unpaired) electrons. The molecule has 1 amide bonds. The number of methoxy groups -OCH3 is 1. The first-order valence-corrected chi connectivity index (χ1v) is 10.1. The Morgan fingerprint density at radius 2 is 1.88 bits per heavy atom. The van der Waals surface area contributed by atoms with E-state index in [1.54, 1.807) is 24.3 Å².